The van der Waals surface area contributed by atoms with Gasteiger partial charge in [0.15, 0.2) is 5.69 Å². The van der Waals surface area contributed by atoms with Crippen LogP contribution in [0.3, 0.4) is 0 Å². The number of carbonyl (C=O) groups is 1. The van der Waals surface area contributed by atoms with E-state index < -0.39 is 0 Å². The van der Waals surface area contributed by atoms with Crippen LogP contribution >= 0.6 is 0 Å². The van der Waals surface area contributed by atoms with E-state index in [-0.39, 0.29) is 11.6 Å². The number of H-pyrrole nitrogens is 1. The van der Waals surface area contributed by atoms with Gasteiger partial charge in [0.25, 0.3) is 5.91 Å². The van der Waals surface area contributed by atoms with Gasteiger partial charge in [-0.3, -0.25) is 14.8 Å². The van der Waals surface area contributed by atoms with Crippen LogP contribution in [0.2, 0.25) is 0 Å². The molecular formula is C13H17N5O. The Balaban J connectivity index is 2.25. The van der Waals surface area contributed by atoms with Crippen LogP contribution < -0.4 is 10.6 Å². The van der Waals surface area contributed by atoms with Gasteiger partial charge >= 0.3 is 0 Å². The number of anilines is 2. The summed E-state index contributed by atoms with van der Waals surface area (Å²) in [5, 5.41) is 6.83. The van der Waals surface area contributed by atoms with Crippen LogP contribution in [-0.4, -0.2) is 28.1 Å². The molecular weight excluding hydrogens is 242 g/mol. The number of hydrogen-bond acceptors (Lipinski definition) is 4. The molecule has 0 atom stereocenters. The van der Waals surface area contributed by atoms with Crippen molar-refractivity contribution in [2.75, 3.05) is 17.7 Å². The zero-order valence-corrected chi connectivity index (χ0v) is 11.1. The highest BCUT2D eigenvalue weighted by Gasteiger charge is 2.21. The number of amides is 1. The quantitative estimate of drug-likeness (QED) is 0.873. The molecule has 0 bridgehead atoms. The second kappa shape index (κ2) is 5.51. The van der Waals surface area contributed by atoms with E-state index in [9.17, 15) is 4.79 Å². The molecule has 0 aliphatic rings. The van der Waals surface area contributed by atoms with Gasteiger partial charge in [-0.2, -0.15) is 5.10 Å². The van der Waals surface area contributed by atoms with Gasteiger partial charge in [-0.15, -0.1) is 0 Å². The predicted molar refractivity (Wildman–Crippen MR) is 74.0 cm³/mol. The summed E-state index contributed by atoms with van der Waals surface area (Å²) in [6, 6.07) is 5.38. The molecule has 2 rings (SSSR count). The molecule has 1 amide bonds. The molecule has 0 saturated heterocycles. The summed E-state index contributed by atoms with van der Waals surface area (Å²) in [5.74, 6) is 0.293. The van der Waals surface area contributed by atoms with Crippen molar-refractivity contribution in [3.05, 3.63) is 35.8 Å². The summed E-state index contributed by atoms with van der Waals surface area (Å²) < 4.78 is 0. The van der Waals surface area contributed by atoms with Gasteiger partial charge in [-0.1, -0.05) is 19.4 Å². The fourth-order valence-electron chi connectivity index (χ4n) is 1.81. The first kappa shape index (κ1) is 13.1. The number of carbonyl (C=O) groups excluding carboxylic acids is 1. The molecule has 0 aliphatic heterocycles. The maximum Gasteiger partial charge on any atom is 0.281 e. The molecule has 6 nitrogen and oxygen atoms in total. The average Bonchev–Trinajstić information content (AvgIpc) is 2.80. The number of aryl methyl sites for hydroxylation is 1. The molecule has 0 saturated carbocycles. The number of nitrogen functional groups attached to an aromatic ring is 1. The van der Waals surface area contributed by atoms with Crippen LogP contribution in [-0.2, 0) is 6.42 Å². The van der Waals surface area contributed by atoms with Crippen molar-refractivity contribution in [3.8, 4) is 0 Å². The highest BCUT2D eigenvalue weighted by molar-refractivity contribution is 6.07. The van der Waals surface area contributed by atoms with Gasteiger partial charge in [0, 0.05) is 13.2 Å². The highest BCUT2D eigenvalue weighted by atomic mass is 16.2. The Kier molecular flexibility index (Phi) is 3.79. The van der Waals surface area contributed by atoms with Crippen LogP contribution in [0.15, 0.2) is 24.4 Å². The Morgan fingerprint density at radius 2 is 2.26 bits per heavy atom. The van der Waals surface area contributed by atoms with Crippen LogP contribution in [0.4, 0.5) is 11.5 Å². The van der Waals surface area contributed by atoms with Crippen molar-refractivity contribution < 1.29 is 4.79 Å². The van der Waals surface area contributed by atoms with E-state index in [4.69, 9.17) is 5.73 Å². The van der Waals surface area contributed by atoms with Crippen LogP contribution in [0.5, 0.6) is 0 Å². The van der Waals surface area contributed by atoms with Crippen molar-refractivity contribution in [1.82, 2.24) is 15.2 Å². The number of aromatic amines is 1. The third-order valence-electron chi connectivity index (χ3n) is 2.88. The first-order chi connectivity index (χ1) is 9.15. The van der Waals surface area contributed by atoms with Gasteiger partial charge in [0.05, 0.1) is 11.4 Å². The number of pyridine rings is 1. The first-order valence-electron chi connectivity index (χ1n) is 6.17. The minimum Gasteiger partial charge on any atom is -0.395 e. The average molecular weight is 259 g/mol. The summed E-state index contributed by atoms with van der Waals surface area (Å²) in [5.41, 5.74) is 7.42. The maximum absolute atomic E-state index is 12.3. The van der Waals surface area contributed by atoms with Crippen LogP contribution in [0.1, 0.15) is 29.5 Å². The largest absolute Gasteiger partial charge is 0.395 e. The molecule has 2 aromatic heterocycles. The number of nitrogens with one attached hydrogen (secondary N) is 1. The number of nitrogens with zero attached hydrogens (tertiary/aromatic N) is 3. The minimum absolute atomic E-state index is 0.247. The predicted octanol–water partition coefficient (Wildman–Crippen LogP) is 1.62. The summed E-state index contributed by atoms with van der Waals surface area (Å²) >= 11 is 0. The van der Waals surface area contributed by atoms with Gasteiger partial charge in [0.1, 0.15) is 5.82 Å². The molecule has 0 unspecified atom stereocenters. The summed E-state index contributed by atoms with van der Waals surface area (Å²) in [6.07, 6.45) is 3.35. The van der Waals surface area contributed by atoms with Crippen molar-refractivity contribution in [2.45, 2.75) is 19.8 Å². The number of nitrogens with two attached hydrogens (primary N) is 1. The normalized spacial score (nSPS) is 10.4. The number of hydrogen-bond donors (Lipinski definition) is 2. The lowest BCUT2D eigenvalue weighted by molar-refractivity contribution is 0.0988. The van der Waals surface area contributed by atoms with Gasteiger partial charge in [0.2, 0.25) is 0 Å². The van der Waals surface area contributed by atoms with E-state index in [0.29, 0.717) is 11.5 Å². The van der Waals surface area contributed by atoms with Gasteiger partial charge in [-0.25, -0.2) is 4.98 Å². The second-order valence-electron chi connectivity index (χ2n) is 4.27. The van der Waals surface area contributed by atoms with Crippen molar-refractivity contribution in [1.29, 1.82) is 0 Å². The molecule has 100 valence electrons. The molecule has 3 N–H and O–H groups in total. The molecule has 0 fully saturated rings. The van der Waals surface area contributed by atoms with E-state index >= 15 is 0 Å². The van der Waals surface area contributed by atoms with Crippen molar-refractivity contribution in [3.63, 3.8) is 0 Å². The Bertz CT molecular complexity index is 564. The number of rotatable bonds is 4. The van der Waals surface area contributed by atoms with E-state index in [2.05, 4.69) is 15.2 Å². The van der Waals surface area contributed by atoms with Crippen molar-refractivity contribution >= 4 is 17.4 Å². The number of aromatic nitrogens is 3. The topological polar surface area (TPSA) is 87.9 Å². The standard InChI is InChI=1S/C13H17N5O/c1-3-6-9-11(14)12(17-16-9)13(19)18(2)10-7-4-5-8-15-10/h4-5,7-8H,3,6,14H2,1-2H3,(H,16,17). The summed E-state index contributed by atoms with van der Waals surface area (Å²) in [7, 11) is 1.65. The fraction of sp³-hybridized carbons (Fsp3) is 0.308. The Labute approximate surface area is 111 Å². The third-order valence-corrected chi connectivity index (χ3v) is 2.88. The minimum atomic E-state index is -0.269. The van der Waals surface area contributed by atoms with E-state index in [1.54, 1.807) is 25.4 Å². The molecule has 2 heterocycles. The van der Waals surface area contributed by atoms with Gasteiger partial charge < -0.3 is 5.73 Å². The molecule has 6 heteroatoms. The summed E-state index contributed by atoms with van der Waals surface area (Å²) in [4.78, 5) is 17.9. The zero-order valence-electron chi connectivity index (χ0n) is 11.1. The fourth-order valence-corrected chi connectivity index (χ4v) is 1.81. The molecule has 0 spiro atoms. The Hall–Kier alpha value is -2.37. The van der Waals surface area contributed by atoms with Crippen molar-refractivity contribution in [2.24, 2.45) is 0 Å². The lowest BCUT2D eigenvalue weighted by Crippen LogP contribution is -2.28. The summed E-state index contributed by atoms with van der Waals surface area (Å²) in [6.45, 7) is 2.04. The third kappa shape index (κ3) is 2.57. The van der Waals surface area contributed by atoms with Gasteiger partial charge in [-0.05, 0) is 18.6 Å². The lowest BCUT2D eigenvalue weighted by atomic mass is 10.2. The van der Waals surface area contributed by atoms with E-state index in [1.807, 2.05) is 13.0 Å². The lowest BCUT2D eigenvalue weighted by Gasteiger charge is -2.14. The van der Waals surface area contributed by atoms with E-state index in [0.717, 1.165) is 18.5 Å². The molecule has 0 aromatic carbocycles. The zero-order chi connectivity index (χ0) is 13.8. The van der Waals surface area contributed by atoms with Crippen LogP contribution in [0, 0.1) is 0 Å². The smallest absolute Gasteiger partial charge is 0.281 e. The van der Waals surface area contributed by atoms with Crippen LogP contribution in [0.25, 0.3) is 0 Å². The molecule has 19 heavy (non-hydrogen) atoms. The molecule has 0 aliphatic carbocycles. The maximum atomic E-state index is 12.3. The molecule has 0 radical (unpaired) electrons. The Morgan fingerprint density at radius 1 is 1.47 bits per heavy atom. The SMILES string of the molecule is CCCc1[nH]nc(C(=O)N(C)c2ccccn2)c1N. The second-order valence-corrected chi connectivity index (χ2v) is 4.27. The van der Waals surface area contributed by atoms with E-state index in [1.165, 1.54) is 4.90 Å². The Morgan fingerprint density at radius 3 is 2.89 bits per heavy atom. The monoisotopic (exact) mass is 259 g/mol. The molecule has 2 aromatic rings. The highest BCUT2D eigenvalue weighted by Crippen LogP contribution is 2.19. The first-order valence-corrected chi connectivity index (χ1v) is 6.17.